The van der Waals surface area contributed by atoms with Crippen LogP contribution >= 0.6 is 0 Å². The van der Waals surface area contributed by atoms with Crippen LogP contribution in [0.5, 0.6) is 11.5 Å². The number of amides is 1. The summed E-state index contributed by atoms with van der Waals surface area (Å²) in [7, 11) is 3.17. The Morgan fingerprint density at radius 3 is 2.67 bits per heavy atom. The molecule has 1 atom stereocenters. The summed E-state index contributed by atoms with van der Waals surface area (Å²) in [6.07, 6.45) is 0.352. The van der Waals surface area contributed by atoms with Gasteiger partial charge in [0, 0.05) is 11.8 Å². The van der Waals surface area contributed by atoms with Crippen molar-refractivity contribution in [2.45, 2.75) is 19.3 Å². The number of rotatable bonds is 7. The SMILES string of the molecule is COc1ccc(C[C@H](C(=O)Nc2ccccc2C)c2nn[nH]n2)c(OC)c1. The normalized spacial score (nSPS) is 11.7. The fourth-order valence-electron chi connectivity index (χ4n) is 2.79. The van der Waals surface area contributed by atoms with Crippen LogP contribution in [0.2, 0.25) is 0 Å². The number of benzene rings is 2. The zero-order valence-electron chi connectivity index (χ0n) is 15.4. The van der Waals surface area contributed by atoms with Crippen LogP contribution in [0, 0.1) is 6.92 Å². The van der Waals surface area contributed by atoms with E-state index >= 15 is 0 Å². The van der Waals surface area contributed by atoms with Crippen LogP contribution in [0.1, 0.15) is 22.9 Å². The molecular weight excluding hydrogens is 346 g/mol. The smallest absolute Gasteiger partial charge is 0.235 e. The van der Waals surface area contributed by atoms with Crippen molar-refractivity contribution in [1.82, 2.24) is 20.6 Å². The van der Waals surface area contributed by atoms with Crippen molar-refractivity contribution in [1.29, 1.82) is 0 Å². The van der Waals surface area contributed by atoms with E-state index in [9.17, 15) is 4.79 Å². The number of carbonyl (C=O) groups is 1. The minimum absolute atomic E-state index is 0.219. The van der Waals surface area contributed by atoms with E-state index < -0.39 is 5.92 Å². The maximum atomic E-state index is 13.0. The number of methoxy groups -OCH3 is 2. The van der Waals surface area contributed by atoms with E-state index in [1.807, 2.05) is 43.3 Å². The Balaban J connectivity index is 1.89. The Kier molecular flexibility index (Phi) is 5.65. The Morgan fingerprint density at radius 1 is 1.19 bits per heavy atom. The maximum Gasteiger partial charge on any atom is 0.235 e. The van der Waals surface area contributed by atoms with E-state index in [-0.39, 0.29) is 5.91 Å². The predicted molar refractivity (Wildman–Crippen MR) is 100.0 cm³/mol. The third-order valence-electron chi connectivity index (χ3n) is 4.31. The molecule has 0 spiro atoms. The molecule has 0 fully saturated rings. The monoisotopic (exact) mass is 367 g/mol. The highest BCUT2D eigenvalue weighted by atomic mass is 16.5. The predicted octanol–water partition coefficient (Wildman–Crippen LogP) is 2.49. The van der Waals surface area contributed by atoms with Crippen LogP contribution in [0.15, 0.2) is 42.5 Å². The first kappa shape index (κ1) is 18.4. The molecule has 1 heterocycles. The van der Waals surface area contributed by atoms with Gasteiger partial charge in [-0.1, -0.05) is 29.5 Å². The summed E-state index contributed by atoms with van der Waals surface area (Å²) < 4.78 is 10.7. The molecule has 27 heavy (non-hydrogen) atoms. The number of hydrogen-bond donors (Lipinski definition) is 2. The number of carbonyl (C=O) groups excluding carboxylic acids is 1. The van der Waals surface area contributed by atoms with Crippen molar-refractivity contribution in [2.75, 3.05) is 19.5 Å². The Bertz CT molecular complexity index is 911. The van der Waals surface area contributed by atoms with Crippen LogP contribution in [-0.4, -0.2) is 40.8 Å². The molecule has 3 rings (SSSR count). The van der Waals surface area contributed by atoms with E-state index in [1.165, 1.54) is 0 Å². The van der Waals surface area contributed by atoms with E-state index in [0.717, 1.165) is 16.8 Å². The van der Waals surface area contributed by atoms with Gasteiger partial charge in [0.15, 0.2) is 5.82 Å². The van der Waals surface area contributed by atoms with Crippen LogP contribution in [0.4, 0.5) is 5.69 Å². The molecule has 0 aliphatic carbocycles. The highest BCUT2D eigenvalue weighted by Crippen LogP contribution is 2.29. The van der Waals surface area contributed by atoms with E-state index in [4.69, 9.17) is 9.47 Å². The van der Waals surface area contributed by atoms with Crippen LogP contribution in [0.3, 0.4) is 0 Å². The average Bonchev–Trinajstić information content (AvgIpc) is 3.22. The highest BCUT2D eigenvalue weighted by Gasteiger charge is 2.27. The third-order valence-corrected chi connectivity index (χ3v) is 4.31. The molecule has 8 nitrogen and oxygen atoms in total. The fourth-order valence-corrected chi connectivity index (χ4v) is 2.79. The molecule has 2 aromatic carbocycles. The number of hydrogen-bond acceptors (Lipinski definition) is 6. The fraction of sp³-hybridized carbons (Fsp3) is 0.263. The lowest BCUT2D eigenvalue weighted by atomic mass is 9.96. The number of ether oxygens (including phenoxy) is 2. The molecule has 140 valence electrons. The van der Waals surface area contributed by atoms with Gasteiger partial charge in [-0.2, -0.15) is 5.21 Å². The van der Waals surface area contributed by atoms with Gasteiger partial charge in [-0.3, -0.25) is 4.79 Å². The summed E-state index contributed by atoms with van der Waals surface area (Å²) in [6.45, 7) is 1.94. The molecule has 0 unspecified atom stereocenters. The van der Waals surface area contributed by atoms with Crippen LogP contribution < -0.4 is 14.8 Å². The average molecular weight is 367 g/mol. The number of aromatic amines is 1. The number of anilines is 1. The summed E-state index contributed by atoms with van der Waals surface area (Å²) in [5, 5.41) is 17.0. The molecule has 0 radical (unpaired) electrons. The lowest BCUT2D eigenvalue weighted by Gasteiger charge is -2.17. The molecule has 1 amide bonds. The molecule has 8 heteroatoms. The molecule has 0 saturated carbocycles. The van der Waals surface area contributed by atoms with Crippen molar-refractivity contribution in [3.63, 3.8) is 0 Å². The number of aromatic nitrogens is 4. The van der Waals surface area contributed by atoms with Gasteiger partial charge in [-0.05, 0) is 36.6 Å². The second-order valence-corrected chi connectivity index (χ2v) is 6.01. The zero-order chi connectivity index (χ0) is 19.2. The van der Waals surface area contributed by atoms with Gasteiger partial charge >= 0.3 is 0 Å². The number of nitrogens with one attached hydrogen (secondary N) is 2. The lowest BCUT2D eigenvalue weighted by Crippen LogP contribution is -2.24. The quantitative estimate of drug-likeness (QED) is 0.665. The minimum atomic E-state index is -0.634. The standard InChI is InChI=1S/C19H21N5O3/c1-12-6-4-5-7-16(12)20-19(25)15(18-21-23-24-22-18)10-13-8-9-14(26-2)11-17(13)27-3/h4-9,11,15H,10H2,1-3H3,(H,20,25)(H,21,22,23,24)/t15-/m0/s1. The summed E-state index contributed by atoms with van der Waals surface area (Å²) in [5.41, 5.74) is 2.56. The van der Waals surface area contributed by atoms with Crippen molar-refractivity contribution < 1.29 is 14.3 Å². The summed E-state index contributed by atoms with van der Waals surface area (Å²) >= 11 is 0. The second kappa shape index (κ2) is 8.31. The minimum Gasteiger partial charge on any atom is -0.497 e. The van der Waals surface area contributed by atoms with Crippen LogP contribution in [-0.2, 0) is 11.2 Å². The number of nitrogens with zero attached hydrogens (tertiary/aromatic N) is 3. The van der Waals surface area contributed by atoms with Crippen molar-refractivity contribution in [3.05, 3.63) is 59.4 Å². The number of tetrazole rings is 1. The third kappa shape index (κ3) is 4.22. The van der Waals surface area contributed by atoms with Gasteiger partial charge in [0.2, 0.25) is 5.91 Å². The van der Waals surface area contributed by atoms with Crippen molar-refractivity contribution in [3.8, 4) is 11.5 Å². The molecule has 0 aliphatic rings. The molecule has 0 aliphatic heterocycles. The van der Waals surface area contributed by atoms with Gasteiger partial charge in [-0.15, -0.1) is 10.2 Å². The first-order valence-corrected chi connectivity index (χ1v) is 8.43. The summed E-state index contributed by atoms with van der Waals surface area (Å²) in [4.78, 5) is 13.0. The van der Waals surface area contributed by atoms with Crippen LogP contribution in [0.25, 0.3) is 0 Å². The van der Waals surface area contributed by atoms with Crippen molar-refractivity contribution >= 4 is 11.6 Å². The molecule has 3 aromatic rings. The van der Waals surface area contributed by atoms with Crippen molar-refractivity contribution in [2.24, 2.45) is 0 Å². The van der Waals surface area contributed by atoms with Gasteiger partial charge in [-0.25, -0.2) is 0 Å². The summed E-state index contributed by atoms with van der Waals surface area (Å²) in [6, 6.07) is 13.1. The highest BCUT2D eigenvalue weighted by molar-refractivity contribution is 5.96. The largest absolute Gasteiger partial charge is 0.497 e. The van der Waals surface area contributed by atoms with Gasteiger partial charge in [0.1, 0.15) is 17.4 Å². The summed E-state index contributed by atoms with van der Waals surface area (Å²) in [5.74, 6) is 0.774. The van der Waals surface area contributed by atoms with E-state index in [2.05, 4.69) is 25.9 Å². The van der Waals surface area contributed by atoms with Gasteiger partial charge in [0.25, 0.3) is 0 Å². The molecule has 0 saturated heterocycles. The Morgan fingerprint density at radius 2 is 2.00 bits per heavy atom. The first-order chi connectivity index (χ1) is 13.1. The lowest BCUT2D eigenvalue weighted by molar-refractivity contribution is -0.117. The zero-order valence-corrected chi connectivity index (χ0v) is 15.4. The maximum absolute atomic E-state index is 13.0. The first-order valence-electron chi connectivity index (χ1n) is 8.43. The van der Waals surface area contributed by atoms with E-state index in [0.29, 0.717) is 23.7 Å². The number of aryl methyl sites for hydroxylation is 1. The molecular formula is C19H21N5O3. The second-order valence-electron chi connectivity index (χ2n) is 6.01. The molecule has 1 aromatic heterocycles. The van der Waals surface area contributed by atoms with E-state index in [1.54, 1.807) is 20.3 Å². The number of H-pyrrole nitrogens is 1. The Hall–Kier alpha value is -3.42. The topological polar surface area (TPSA) is 102 Å². The van der Waals surface area contributed by atoms with Gasteiger partial charge in [0.05, 0.1) is 14.2 Å². The number of para-hydroxylation sites is 1. The molecule has 2 N–H and O–H groups in total. The molecule has 0 bridgehead atoms. The van der Waals surface area contributed by atoms with Gasteiger partial charge < -0.3 is 14.8 Å². The Labute approximate surface area is 156 Å².